The maximum absolute atomic E-state index is 13.2. The standard InChI is InChI=1S/C31H27NO5/c1-32-29(28(31(34)35)24-14-8-9-15-25(24)30(32)33)23-16-17-26(36-19-21-10-4-2-5-11-21)27(18-23)37-20-22-12-6-3-7-13-22/h2-18,28-29H,19-20H2,1H3,(H,34,35)/t28-,29-/m1/s1. The normalized spacial score (nSPS) is 16.7. The van der Waals surface area contributed by atoms with Gasteiger partial charge in [-0.25, -0.2) is 0 Å². The number of hydrogen-bond acceptors (Lipinski definition) is 4. The molecular weight excluding hydrogens is 466 g/mol. The Balaban J connectivity index is 1.51. The highest BCUT2D eigenvalue weighted by Gasteiger charge is 2.42. The van der Waals surface area contributed by atoms with Crippen molar-refractivity contribution in [1.29, 1.82) is 0 Å². The van der Waals surface area contributed by atoms with Gasteiger partial charge in [0.05, 0.1) is 6.04 Å². The number of aliphatic carboxylic acids is 1. The van der Waals surface area contributed by atoms with Crippen LogP contribution in [0.15, 0.2) is 103 Å². The van der Waals surface area contributed by atoms with Crippen molar-refractivity contribution < 1.29 is 24.2 Å². The quantitative estimate of drug-likeness (QED) is 0.334. The summed E-state index contributed by atoms with van der Waals surface area (Å²) in [5.74, 6) is -1.10. The van der Waals surface area contributed by atoms with Crippen LogP contribution in [0.25, 0.3) is 0 Å². The highest BCUT2D eigenvalue weighted by atomic mass is 16.5. The first-order chi connectivity index (χ1) is 18.0. The Kier molecular flexibility index (Phi) is 6.90. The number of nitrogens with zero attached hydrogens (tertiary/aromatic N) is 1. The van der Waals surface area contributed by atoms with Gasteiger partial charge >= 0.3 is 5.97 Å². The second kappa shape index (κ2) is 10.6. The van der Waals surface area contributed by atoms with Crippen LogP contribution in [-0.4, -0.2) is 28.9 Å². The molecular formula is C31H27NO5. The van der Waals surface area contributed by atoms with Crippen molar-refractivity contribution in [2.45, 2.75) is 25.2 Å². The lowest BCUT2D eigenvalue weighted by Crippen LogP contribution is -2.42. The first-order valence-corrected chi connectivity index (χ1v) is 12.1. The molecule has 186 valence electrons. The second-order valence-electron chi connectivity index (χ2n) is 9.02. The van der Waals surface area contributed by atoms with Crippen LogP contribution >= 0.6 is 0 Å². The van der Waals surface area contributed by atoms with Crippen LogP contribution in [0.5, 0.6) is 11.5 Å². The molecule has 0 fully saturated rings. The molecule has 5 rings (SSSR count). The van der Waals surface area contributed by atoms with Crippen LogP contribution in [-0.2, 0) is 18.0 Å². The van der Waals surface area contributed by atoms with E-state index in [2.05, 4.69) is 0 Å². The highest BCUT2D eigenvalue weighted by molar-refractivity contribution is 6.00. The van der Waals surface area contributed by atoms with Gasteiger partial charge in [-0.05, 0) is 40.5 Å². The number of likely N-dealkylation sites (N-methyl/N-ethyl adjacent to an activating group) is 1. The van der Waals surface area contributed by atoms with Crippen molar-refractivity contribution in [3.63, 3.8) is 0 Å². The first-order valence-electron chi connectivity index (χ1n) is 12.1. The summed E-state index contributed by atoms with van der Waals surface area (Å²) in [6.07, 6.45) is 0. The number of carboxylic acid groups (broad SMARTS) is 1. The van der Waals surface area contributed by atoms with Gasteiger partial charge in [0, 0.05) is 12.6 Å². The fraction of sp³-hybridized carbons (Fsp3) is 0.161. The molecule has 0 spiro atoms. The van der Waals surface area contributed by atoms with E-state index in [-0.39, 0.29) is 5.91 Å². The van der Waals surface area contributed by atoms with Crippen LogP contribution in [0.1, 0.15) is 44.6 Å². The molecule has 1 N–H and O–H groups in total. The van der Waals surface area contributed by atoms with Crippen LogP contribution in [0.4, 0.5) is 0 Å². The molecule has 1 aliphatic rings. The van der Waals surface area contributed by atoms with E-state index >= 15 is 0 Å². The molecule has 1 aliphatic heterocycles. The largest absolute Gasteiger partial charge is 0.485 e. The number of carboxylic acids is 1. The summed E-state index contributed by atoms with van der Waals surface area (Å²) in [5, 5.41) is 10.2. The summed E-state index contributed by atoms with van der Waals surface area (Å²) >= 11 is 0. The van der Waals surface area contributed by atoms with Gasteiger partial charge < -0.3 is 19.5 Å². The summed E-state index contributed by atoms with van der Waals surface area (Å²) in [6.45, 7) is 0.672. The van der Waals surface area contributed by atoms with E-state index in [1.54, 1.807) is 43.4 Å². The molecule has 0 saturated carbocycles. The molecule has 0 radical (unpaired) electrons. The SMILES string of the molecule is CN1C(=O)c2ccccc2[C@@H](C(=O)O)[C@H]1c1ccc(OCc2ccccc2)c(OCc2ccccc2)c1. The molecule has 2 atom stereocenters. The maximum atomic E-state index is 13.2. The van der Waals surface area contributed by atoms with Crippen molar-refractivity contribution in [1.82, 2.24) is 4.90 Å². The monoisotopic (exact) mass is 493 g/mol. The number of benzene rings is 4. The summed E-state index contributed by atoms with van der Waals surface area (Å²) < 4.78 is 12.3. The van der Waals surface area contributed by atoms with Gasteiger partial charge in [-0.1, -0.05) is 84.9 Å². The van der Waals surface area contributed by atoms with E-state index in [1.165, 1.54) is 4.90 Å². The number of carbonyl (C=O) groups is 2. The molecule has 0 saturated heterocycles. The van der Waals surface area contributed by atoms with Crippen molar-refractivity contribution in [3.8, 4) is 11.5 Å². The minimum atomic E-state index is -0.993. The van der Waals surface area contributed by atoms with Crippen molar-refractivity contribution in [2.24, 2.45) is 0 Å². The van der Waals surface area contributed by atoms with Gasteiger partial charge in [0.2, 0.25) is 0 Å². The predicted molar refractivity (Wildman–Crippen MR) is 140 cm³/mol. The van der Waals surface area contributed by atoms with Crippen molar-refractivity contribution in [2.75, 3.05) is 7.05 Å². The third-order valence-corrected chi connectivity index (χ3v) is 6.63. The van der Waals surface area contributed by atoms with E-state index in [0.717, 1.165) is 11.1 Å². The molecule has 0 bridgehead atoms. The Morgan fingerprint density at radius 1 is 0.784 bits per heavy atom. The number of rotatable bonds is 8. The molecule has 6 heteroatoms. The van der Waals surface area contributed by atoms with Crippen LogP contribution in [0, 0.1) is 0 Å². The van der Waals surface area contributed by atoms with Gasteiger partial charge in [-0.15, -0.1) is 0 Å². The zero-order valence-electron chi connectivity index (χ0n) is 20.4. The lowest BCUT2D eigenvalue weighted by Gasteiger charge is -2.38. The minimum absolute atomic E-state index is 0.214. The zero-order valence-corrected chi connectivity index (χ0v) is 20.4. The Morgan fingerprint density at radius 2 is 1.35 bits per heavy atom. The van der Waals surface area contributed by atoms with Crippen molar-refractivity contribution in [3.05, 3.63) is 131 Å². The average molecular weight is 494 g/mol. The molecule has 0 unspecified atom stereocenters. The van der Waals surface area contributed by atoms with Gasteiger partial charge in [-0.2, -0.15) is 0 Å². The lowest BCUT2D eigenvalue weighted by atomic mass is 9.80. The summed E-state index contributed by atoms with van der Waals surface area (Å²) in [5.41, 5.74) is 3.59. The molecule has 4 aromatic carbocycles. The Morgan fingerprint density at radius 3 is 1.97 bits per heavy atom. The number of ether oxygens (including phenoxy) is 2. The zero-order chi connectivity index (χ0) is 25.8. The van der Waals surface area contributed by atoms with Crippen LogP contribution < -0.4 is 9.47 Å². The van der Waals surface area contributed by atoms with Gasteiger partial charge in [0.25, 0.3) is 5.91 Å². The fourth-order valence-corrected chi connectivity index (χ4v) is 4.77. The fourth-order valence-electron chi connectivity index (χ4n) is 4.77. The molecule has 1 heterocycles. The number of amides is 1. The van der Waals surface area contributed by atoms with Crippen molar-refractivity contribution >= 4 is 11.9 Å². The number of hydrogen-bond donors (Lipinski definition) is 1. The lowest BCUT2D eigenvalue weighted by molar-refractivity contribution is -0.140. The molecule has 0 aliphatic carbocycles. The van der Waals surface area contributed by atoms with E-state index in [0.29, 0.717) is 41.4 Å². The molecule has 1 amide bonds. The average Bonchev–Trinajstić information content (AvgIpc) is 2.93. The molecule has 0 aromatic heterocycles. The molecule has 37 heavy (non-hydrogen) atoms. The van der Waals surface area contributed by atoms with Gasteiger partial charge in [0.15, 0.2) is 11.5 Å². The van der Waals surface area contributed by atoms with E-state index in [1.807, 2.05) is 66.7 Å². The summed E-state index contributed by atoms with van der Waals surface area (Å²) in [7, 11) is 1.64. The van der Waals surface area contributed by atoms with Crippen LogP contribution in [0.2, 0.25) is 0 Å². The smallest absolute Gasteiger partial charge is 0.313 e. The Labute approximate surface area is 215 Å². The third-order valence-electron chi connectivity index (χ3n) is 6.63. The highest BCUT2D eigenvalue weighted by Crippen LogP contribution is 2.44. The second-order valence-corrected chi connectivity index (χ2v) is 9.02. The van der Waals surface area contributed by atoms with E-state index < -0.39 is 17.9 Å². The Bertz CT molecular complexity index is 1400. The summed E-state index contributed by atoms with van der Waals surface area (Å²) in [4.78, 5) is 27.2. The van der Waals surface area contributed by atoms with E-state index in [9.17, 15) is 14.7 Å². The van der Waals surface area contributed by atoms with Gasteiger partial charge in [-0.3, -0.25) is 9.59 Å². The molecule has 4 aromatic rings. The first kappa shape index (κ1) is 24.1. The minimum Gasteiger partial charge on any atom is -0.485 e. The maximum Gasteiger partial charge on any atom is 0.313 e. The van der Waals surface area contributed by atoms with E-state index in [4.69, 9.17) is 9.47 Å². The number of fused-ring (bicyclic) bond motifs is 1. The number of carbonyl (C=O) groups excluding carboxylic acids is 1. The third kappa shape index (κ3) is 5.05. The molecule has 6 nitrogen and oxygen atoms in total. The summed E-state index contributed by atoms with van der Waals surface area (Å²) in [6, 6.07) is 31.2. The predicted octanol–water partition coefficient (Wildman–Crippen LogP) is 5.84. The van der Waals surface area contributed by atoms with Gasteiger partial charge in [0.1, 0.15) is 19.1 Å². The van der Waals surface area contributed by atoms with Crippen LogP contribution in [0.3, 0.4) is 0 Å². The Hall–Kier alpha value is -4.58. The topological polar surface area (TPSA) is 76.1 Å².